The van der Waals surface area contributed by atoms with Crippen molar-refractivity contribution >= 4 is 37.0 Å². The van der Waals surface area contributed by atoms with Gasteiger partial charge >= 0.3 is 5.97 Å². The maximum Gasteiger partial charge on any atom is 0.340 e. The van der Waals surface area contributed by atoms with Gasteiger partial charge in [0.15, 0.2) is 19.7 Å². The molecule has 2 aromatic carbocycles. The van der Waals surface area contributed by atoms with Crippen molar-refractivity contribution in [2.45, 2.75) is 16.4 Å². The first-order chi connectivity index (χ1) is 18.0. The van der Waals surface area contributed by atoms with Crippen molar-refractivity contribution in [1.82, 2.24) is 0 Å². The number of nitrogens with zero attached hydrogens (tertiary/aromatic N) is 2. The molecule has 0 aliphatic carbocycles. The summed E-state index contributed by atoms with van der Waals surface area (Å²) in [7, 11) is -5.33. The van der Waals surface area contributed by atoms with Crippen LogP contribution in [0.1, 0.15) is 15.9 Å². The van der Waals surface area contributed by atoms with E-state index in [1.165, 1.54) is 19.2 Å². The van der Waals surface area contributed by atoms with E-state index in [-0.39, 0.29) is 22.0 Å². The first-order valence-electron chi connectivity index (χ1n) is 12.0. The summed E-state index contributed by atoms with van der Waals surface area (Å²) in [5.41, 5.74) is 2.46. The Bertz CT molecular complexity index is 1330. The topological polar surface area (TPSA) is 140 Å². The van der Waals surface area contributed by atoms with Gasteiger partial charge in [-0.05, 0) is 36.4 Å². The van der Waals surface area contributed by atoms with E-state index in [2.05, 4.69) is 4.90 Å². The summed E-state index contributed by atoms with van der Waals surface area (Å²) in [6.45, 7) is 5.11. The van der Waals surface area contributed by atoms with Crippen molar-refractivity contribution in [2.24, 2.45) is 0 Å². The average Bonchev–Trinajstić information content (AvgIpc) is 2.92. The molecule has 0 aromatic heterocycles. The van der Waals surface area contributed by atoms with E-state index in [1.54, 1.807) is 24.3 Å². The molecule has 0 saturated carbocycles. The zero-order valence-corrected chi connectivity index (χ0v) is 23.4. The van der Waals surface area contributed by atoms with E-state index in [0.29, 0.717) is 50.8 Å². The largest absolute Gasteiger partial charge is 0.465 e. The molecule has 0 amide bonds. The lowest BCUT2D eigenvalue weighted by atomic mass is 10.1. The van der Waals surface area contributed by atoms with Crippen LogP contribution in [-0.4, -0.2) is 100 Å². The van der Waals surface area contributed by atoms with Crippen LogP contribution in [0, 0.1) is 0 Å². The summed E-state index contributed by atoms with van der Waals surface area (Å²) in [5.74, 6) is -0.544. The molecule has 0 radical (unpaired) electrons. The van der Waals surface area contributed by atoms with Crippen LogP contribution in [0.5, 0.6) is 0 Å². The number of ether oxygens (including phenoxy) is 3. The van der Waals surface area contributed by atoms with E-state index in [0.717, 1.165) is 31.3 Å². The lowest BCUT2D eigenvalue weighted by Gasteiger charge is -2.30. The molecule has 2 aromatic rings. The molecule has 2 heterocycles. The fraction of sp³-hybridized carbons (Fsp3) is 0.480. The Balaban J connectivity index is 0.000000212. The predicted molar refractivity (Wildman–Crippen MR) is 142 cm³/mol. The molecule has 0 unspecified atom stereocenters. The highest BCUT2D eigenvalue weighted by Gasteiger charge is 2.22. The highest BCUT2D eigenvalue weighted by Crippen LogP contribution is 2.26. The van der Waals surface area contributed by atoms with E-state index >= 15 is 0 Å². The Morgan fingerprint density at radius 2 is 1.26 bits per heavy atom. The minimum absolute atomic E-state index is 0.106. The summed E-state index contributed by atoms with van der Waals surface area (Å²) >= 11 is 0. The van der Waals surface area contributed by atoms with Gasteiger partial charge in [-0.15, -0.1) is 0 Å². The van der Waals surface area contributed by atoms with Crippen LogP contribution in [0.4, 0.5) is 11.4 Å². The Hall–Kier alpha value is -2.71. The fourth-order valence-corrected chi connectivity index (χ4v) is 5.45. The summed E-state index contributed by atoms with van der Waals surface area (Å²) in [6, 6.07) is 9.40. The van der Waals surface area contributed by atoms with Crippen molar-refractivity contribution in [3.63, 3.8) is 0 Å². The lowest BCUT2D eigenvalue weighted by molar-refractivity contribution is 0.0600. The maximum atomic E-state index is 11.9. The molecule has 0 bridgehead atoms. The number of methoxy groups -OCH3 is 1. The van der Waals surface area contributed by atoms with Gasteiger partial charge in [0.2, 0.25) is 0 Å². The van der Waals surface area contributed by atoms with E-state index in [1.807, 2.05) is 4.90 Å². The molecule has 0 spiro atoms. The van der Waals surface area contributed by atoms with Gasteiger partial charge in [0, 0.05) is 49.9 Å². The molecule has 210 valence electrons. The second-order valence-corrected chi connectivity index (χ2v) is 12.9. The van der Waals surface area contributed by atoms with E-state index < -0.39 is 25.6 Å². The highest BCUT2D eigenvalue weighted by molar-refractivity contribution is 7.91. The van der Waals surface area contributed by atoms with Gasteiger partial charge < -0.3 is 29.1 Å². The zero-order chi connectivity index (χ0) is 27.9. The van der Waals surface area contributed by atoms with Crippen molar-refractivity contribution < 1.29 is 40.9 Å². The number of esters is 1. The fourth-order valence-electron chi connectivity index (χ4n) is 4.13. The Morgan fingerprint density at radius 1 is 0.816 bits per heavy atom. The number of aliphatic hydroxyl groups is 1. The van der Waals surface area contributed by atoms with Crippen molar-refractivity contribution in [1.29, 1.82) is 0 Å². The zero-order valence-electron chi connectivity index (χ0n) is 21.8. The van der Waals surface area contributed by atoms with Gasteiger partial charge in [-0.3, -0.25) is 0 Å². The van der Waals surface area contributed by atoms with Crippen molar-refractivity contribution in [2.75, 3.05) is 82.0 Å². The number of aliphatic hydroxyl groups excluding tert-OH is 1. The molecule has 38 heavy (non-hydrogen) atoms. The second-order valence-electron chi connectivity index (χ2n) is 8.86. The van der Waals surface area contributed by atoms with Gasteiger partial charge in [-0.25, -0.2) is 21.6 Å². The molecule has 2 aliphatic rings. The summed E-state index contributed by atoms with van der Waals surface area (Å²) in [6.07, 6.45) is 2.27. The highest BCUT2D eigenvalue weighted by atomic mass is 32.2. The van der Waals surface area contributed by atoms with Crippen LogP contribution in [0.15, 0.2) is 46.2 Å². The molecule has 11 nitrogen and oxygen atoms in total. The quantitative estimate of drug-likeness (QED) is 0.500. The number of carbonyl (C=O) groups is 1. The maximum absolute atomic E-state index is 11.9. The molecular formula is C25H34N2O9S2. The SMILES string of the molecule is COC(=O)c1cc(S(C)(=O)=O)ccc1N1CCOCC1.CS(=O)(=O)c1ccc(N2CCOCC2)c(CO)c1. The first-order valence-corrected chi connectivity index (χ1v) is 15.8. The molecular weight excluding hydrogens is 536 g/mol. The van der Waals surface area contributed by atoms with Crippen LogP contribution in [0.3, 0.4) is 0 Å². The Kier molecular flexibility index (Phi) is 10.1. The number of hydrogen-bond acceptors (Lipinski definition) is 11. The number of hydrogen-bond donors (Lipinski definition) is 1. The molecule has 13 heteroatoms. The standard InChI is InChI=1S/C13H17NO5S.C12H17NO4S/c1-18-13(15)11-9-10(20(2,16)17)3-4-12(11)14-5-7-19-8-6-14;1-18(15,16)11-2-3-12(10(8-11)9-14)13-4-6-17-7-5-13/h3-4,9H,5-8H2,1-2H3;2-3,8,14H,4-7,9H2,1H3. The Labute approximate surface area is 223 Å². The van der Waals surface area contributed by atoms with Crippen LogP contribution in [-0.2, 0) is 40.5 Å². The van der Waals surface area contributed by atoms with Crippen LogP contribution in [0.25, 0.3) is 0 Å². The minimum Gasteiger partial charge on any atom is -0.465 e. The lowest BCUT2D eigenvalue weighted by Crippen LogP contribution is -2.37. The molecule has 1 N–H and O–H groups in total. The molecule has 2 saturated heterocycles. The van der Waals surface area contributed by atoms with E-state index in [9.17, 15) is 26.7 Å². The molecule has 2 aliphatic heterocycles. The van der Waals surface area contributed by atoms with Crippen molar-refractivity contribution in [3.8, 4) is 0 Å². The molecule has 2 fully saturated rings. The number of carbonyl (C=O) groups excluding carboxylic acids is 1. The number of rotatable bonds is 6. The minimum atomic E-state index is -3.37. The summed E-state index contributed by atoms with van der Waals surface area (Å²) in [4.78, 5) is 16.3. The monoisotopic (exact) mass is 570 g/mol. The summed E-state index contributed by atoms with van der Waals surface area (Å²) < 4.78 is 61.4. The van der Waals surface area contributed by atoms with Crippen LogP contribution in [0.2, 0.25) is 0 Å². The Morgan fingerprint density at radius 3 is 1.71 bits per heavy atom. The number of benzene rings is 2. The first kappa shape index (κ1) is 29.8. The van der Waals surface area contributed by atoms with Gasteiger partial charge in [0.1, 0.15) is 0 Å². The van der Waals surface area contributed by atoms with Gasteiger partial charge in [0.25, 0.3) is 0 Å². The third-order valence-electron chi connectivity index (χ3n) is 6.15. The van der Waals surface area contributed by atoms with E-state index in [4.69, 9.17) is 14.2 Å². The van der Waals surface area contributed by atoms with Gasteiger partial charge in [0.05, 0.1) is 61.2 Å². The number of anilines is 2. The summed E-state index contributed by atoms with van der Waals surface area (Å²) in [5, 5.41) is 9.39. The smallest absolute Gasteiger partial charge is 0.340 e. The van der Waals surface area contributed by atoms with Crippen molar-refractivity contribution in [3.05, 3.63) is 47.5 Å². The normalized spacial score (nSPS) is 16.4. The number of sulfone groups is 2. The van der Waals surface area contributed by atoms with Crippen LogP contribution < -0.4 is 9.80 Å². The number of morpholine rings is 2. The van der Waals surface area contributed by atoms with Gasteiger partial charge in [-0.2, -0.15) is 0 Å². The van der Waals surface area contributed by atoms with Gasteiger partial charge in [-0.1, -0.05) is 0 Å². The average molecular weight is 571 g/mol. The third-order valence-corrected chi connectivity index (χ3v) is 8.37. The molecule has 0 atom stereocenters. The molecule has 4 rings (SSSR count). The predicted octanol–water partition coefficient (Wildman–Crippen LogP) is 1.13. The van der Waals surface area contributed by atoms with Crippen LogP contribution >= 0.6 is 0 Å². The third kappa shape index (κ3) is 7.67. The second kappa shape index (κ2) is 12.9.